The fourth-order valence-corrected chi connectivity index (χ4v) is 2.82. The second-order valence-corrected chi connectivity index (χ2v) is 6.80. The highest BCUT2D eigenvalue weighted by Crippen LogP contribution is 2.18. The third-order valence-electron chi connectivity index (χ3n) is 3.97. The summed E-state index contributed by atoms with van der Waals surface area (Å²) < 4.78 is 7.02. The summed E-state index contributed by atoms with van der Waals surface area (Å²) in [7, 11) is 4.02. The maximum atomic E-state index is 5.14. The molecule has 0 saturated carbocycles. The molecule has 2 aromatic rings. The molecule has 0 bridgehead atoms. The first-order valence-corrected chi connectivity index (χ1v) is 9.21. The van der Waals surface area contributed by atoms with Gasteiger partial charge < -0.3 is 14.7 Å². The van der Waals surface area contributed by atoms with Gasteiger partial charge in [-0.25, -0.2) is 0 Å². The lowest BCUT2D eigenvalue weighted by molar-refractivity contribution is 0.372. The summed E-state index contributed by atoms with van der Waals surface area (Å²) in [6.07, 6.45) is 3.70. The first kappa shape index (κ1) is 19.9. The third-order valence-corrected chi connectivity index (χ3v) is 3.97. The van der Waals surface area contributed by atoms with Gasteiger partial charge in [-0.3, -0.25) is 9.67 Å². The van der Waals surface area contributed by atoms with Crippen molar-refractivity contribution in [3.8, 4) is 0 Å². The molecule has 0 atom stereocenters. The van der Waals surface area contributed by atoms with E-state index in [-0.39, 0.29) is 0 Å². The van der Waals surface area contributed by atoms with Gasteiger partial charge in [0, 0.05) is 51.9 Å². The van der Waals surface area contributed by atoms with Gasteiger partial charge >= 0.3 is 0 Å². The van der Waals surface area contributed by atoms with E-state index < -0.39 is 0 Å². The van der Waals surface area contributed by atoms with Gasteiger partial charge in [-0.2, -0.15) is 10.1 Å². The summed E-state index contributed by atoms with van der Waals surface area (Å²) in [5.41, 5.74) is 2.37. The second kappa shape index (κ2) is 9.35. The number of hydrogen-bond donors (Lipinski definition) is 1. The highest BCUT2D eigenvalue weighted by Gasteiger charge is 2.15. The summed E-state index contributed by atoms with van der Waals surface area (Å²) in [5, 5.41) is 11.8. The van der Waals surface area contributed by atoms with E-state index in [2.05, 4.69) is 59.5 Å². The van der Waals surface area contributed by atoms with Crippen molar-refractivity contribution in [2.24, 2.45) is 12.0 Å². The molecule has 0 radical (unpaired) electrons. The molecule has 0 aromatic carbocycles. The quantitative estimate of drug-likeness (QED) is 0.441. The molecule has 0 aliphatic carbocycles. The van der Waals surface area contributed by atoms with Crippen molar-refractivity contribution in [1.82, 2.24) is 30.1 Å². The van der Waals surface area contributed by atoms with Crippen molar-refractivity contribution < 1.29 is 4.52 Å². The van der Waals surface area contributed by atoms with Crippen LogP contribution in [0.15, 0.2) is 15.7 Å². The van der Waals surface area contributed by atoms with E-state index in [0.29, 0.717) is 24.2 Å². The van der Waals surface area contributed by atoms with Gasteiger partial charge in [0.2, 0.25) is 5.89 Å². The van der Waals surface area contributed by atoms with Crippen molar-refractivity contribution in [3.05, 3.63) is 29.2 Å². The van der Waals surface area contributed by atoms with E-state index in [1.165, 1.54) is 5.56 Å². The molecular formula is C18H31N7O. The third kappa shape index (κ3) is 5.57. The predicted molar refractivity (Wildman–Crippen MR) is 102 cm³/mol. The highest BCUT2D eigenvalue weighted by atomic mass is 16.5. The van der Waals surface area contributed by atoms with Crippen LogP contribution in [0, 0.1) is 6.92 Å². The predicted octanol–water partition coefficient (Wildman–Crippen LogP) is 2.27. The van der Waals surface area contributed by atoms with Gasteiger partial charge in [0.05, 0.1) is 5.69 Å². The molecule has 0 aliphatic heterocycles. The molecule has 0 unspecified atom stereocenters. The molecule has 2 heterocycles. The minimum absolute atomic E-state index is 0.400. The van der Waals surface area contributed by atoms with Crippen molar-refractivity contribution in [2.45, 2.75) is 53.0 Å². The maximum absolute atomic E-state index is 5.14. The average molecular weight is 361 g/mol. The molecule has 0 fully saturated rings. The summed E-state index contributed by atoms with van der Waals surface area (Å²) in [6.45, 7) is 10.6. The van der Waals surface area contributed by atoms with Crippen LogP contribution in [0.4, 0.5) is 0 Å². The first-order chi connectivity index (χ1) is 12.4. The van der Waals surface area contributed by atoms with Crippen LogP contribution in [-0.2, 0) is 20.0 Å². The Balaban J connectivity index is 1.96. The second-order valence-electron chi connectivity index (χ2n) is 6.80. The lowest BCUT2D eigenvalue weighted by Crippen LogP contribution is -2.38. The zero-order chi connectivity index (χ0) is 19.1. The fourth-order valence-electron chi connectivity index (χ4n) is 2.82. The molecule has 8 heteroatoms. The topological polar surface area (TPSA) is 84.4 Å². The molecule has 2 rings (SSSR count). The highest BCUT2D eigenvalue weighted by molar-refractivity contribution is 5.79. The zero-order valence-electron chi connectivity index (χ0n) is 16.8. The van der Waals surface area contributed by atoms with Crippen molar-refractivity contribution in [3.63, 3.8) is 0 Å². The first-order valence-electron chi connectivity index (χ1n) is 9.21. The lowest BCUT2D eigenvalue weighted by Gasteiger charge is -2.22. The van der Waals surface area contributed by atoms with Crippen LogP contribution in [-0.4, -0.2) is 50.9 Å². The Morgan fingerprint density at radius 1 is 1.42 bits per heavy atom. The number of nitrogens with zero attached hydrogens (tertiary/aromatic N) is 6. The monoisotopic (exact) mass is 361 g/mol. The van der Waals surface area contributed by atoms with Crippen LogP contribution in [0.3, 0.4) is 0 Å². The van der Waals surface area contributed by atoms with Gasteiger partial charge in [-0.1, -0.05) is 19.0 Å². The Morgan fingerprint density at radius 2 is 2.19 bits per heavy atom. The van der Waals surface area contributed by atoms with Crippen LogP contribution < -0.4 is 5.32 Å². The molecule has 26 heavy (non-hydrogen) atoms. The maximum Gasteiger partial charge on any atom is 0.226 e. The normalized spacial score (nSPS) is 12.0. The van der Waals surface area contributed by atoms with Gasteiger partial charge in [0.15, 0.2) is 11.8 Å². The Labute approximate surface area is 155 Å². The number of aliphatic imine (C=N–C) groups is 1. The number of hydrogen-bond acceptors (Lipinski definition) is 5. The van der Waals surface area contributed by atoms with E-state index in [1.54, 1.807) is 0 Å². The average Bonchev–Trinajstić information content (AvgIpc) is 3.15. The van der Waals surface area contributed by atoms with Crippen LogP contribution in [0.1, 0.15) is 56.1 Å². The Kier molecular flexibility index (Phi) is 7.17. The fraction of sp³-hybridized carbons (Fsp3) is 0.667. The van der Waals surface area contributed by atoms with Gasteiger partial charge in [-0.15, -0.1) is 0 Å². The minimum Gasteiger partial charge on any atom is -0.357 e. The summed E-state index contributed by atoms with van der Waals surface area (Å²) in [5.74, 6) is 2.65. The number of rotatable bonds is 8. The Bertz CT molecular complexity index is 717. The van der Waals surface area contributed by atoms with Crippen LogP contribution >= 0.6 is 0 Å². The standard InChI is InChI=1S/C18H31N7O/c1-7-19-18(20-10-8-9-16-21-14(4)23-26-16)24(5)11-15-12-25(6)22-17(15)13(2)3/h12-13H,7-11H2,1-6H3,(H,19,20). The van der Waals surface area contributed by atoms with E-state index in [4.69, 9.17) is 9.52 Å². The molecule has 2 aromatic heterocycles. The van der Waals surface area contributed by atoms with E-state index in [9.17, 15) is 0 Å². The van der Waals surface area contributed by atoms with Crippen molar-refractivity contribution >= 4 is 5.96 Å². The SMILES string of the molecule is CCNC(=NCCCc1nc(C)no1)N(C)Cc1cn(C)nc1C(C)C. The van der Waals surface area contributed by atoms with Gasteiger partial charge in [0.25, 0.3) is 0 Å². The number of guanidine groups is 1. The van der Waals surface area contributed by atoms with Crippen LogP contribution in [0.5, 0.6) is 0 Å². The minimum atomic E-state index is 0.400. The van der Waals surface area contributed by atoms with E-state index >= 15 is 0 Å². The Hall–Kier alpha value is -2.38. The molecule has 0 saturated heterocycles. The van der Waals surface area contributed by atoms with Crippen LogP contribution in [0.2, 0.25) is 0 Å². The van der Waals surface area contributed by atoms with Crippen LogP contribution in [0.25, 0.3) is 0 Å². The van der Waals surface area contributed by atoms with E-state index in [0.717, 1.165) is 37.6 Å². The zero-order valence-corrected chi connectivity index (χ0v) is 16.8. The molecule has 0 aliphatic rings. The summed E-state index contributed by atoms with van der Waals surface area (Å²) in [6, 6.07) is 0. The van der Waals surface area contributed by atoms with Crippen molar-refractivity contribution in [1.29, 1.82) is 0 Å². The van der Waals surface area contributed by atoms with Gasteiger partial charge in [0.1, 0.15) is 0 Å². The lowest BCUT2D eigenvalue weighted by atomic mass is 10.1. The number of aromatic nitrogens is 4. The van der Waals surface area contributed by atoms with Crippen molar-refractivity contribution in [2.75, 3.05) is 20.1 Å². The Morgan fingerprint density at radius 3 is 2.81 bits per heavy atom. The molecule has 8 nitrogen and oxygen atoms in total. The molecular weight excluding hydrogens is 330 g/mol. The number of aryl methyl sites for hydroxylation is 3. The smallest absolute Gasteiger partial charge is 0.226 e. The molecule has 144 valence electrons. The molecule has 1 N–H and O–H groups in total. The largest absolute Gasteiger partial charge is 0.357 e. The summed E-state index contributed by atoms with van der Waals surface area (Å²) >= 11 is 0. The molecule has 0 spiro atoms. The summed E-state index contributed by atoms with van der Waals surface area (Å²) in [4.78, 5) is 11.1. The van der Waals surface area contributed by atoms with Gasteiger partial charge in [-0.05, 0) is 26.2 Å². The van der Waals surface area contributed by atoms with E-state index in [1.807, 2.05) is 18.7 Å². The molecule has 0 amide bonds. The number of nitrogens with one attached hydrogen (secondary N) is 1.